The van der Waals surface area contributed by atoms with Gasteiger partial charge in [-0.05, 0) is 57.9 Å². The number of amides is 1. The Morgan fingerprint density at radius 1 is 1.20 bits per heavy atom. The molecule has 1 aliphatic heterocycles. The molecule has 138 valence electrons. The van der Waals surface area contributed by atoms with Gasteiger partial charge in [-0.1, -0.05) is 0 Å². The van der Waals surface area contributed by atoms with Crippen LogP contribution in [0.15, 0.2) is 29.2 Å². The highest BCUT2D eigenvalue weighted by Gasteiger charge is 2.33. The predicted molar refractivity (Wildman–Crippen MR) is 92.8 cm³/mol. The lowest BCUT2D eigenvalue weighted by atomic mass is 9.93. The topological polar surface area (TPSA) is 104 Å². The number of nitrogens with one attached hydrogen (secondary N) is 1. The van der Waals surface area contributed by atoms with Crippen LogP contribution in [0.1, 0.15) is 44.0 Å². The first-order valence-corrected chi connectivity index (χ1v) is 9.76. The quantitative estimate of drug-likeness (QED) is 0.823. The third-order valence-electron chi connectivity index (χ3n) is 4.29. The maximum Gasteiger partial charge on any atom is 0.308 e. The van der Waals surface area contributed by atoms with Gasteiger partial charge in [0.15, 0.2) is 0 Å². The van der Waals surface area contributed by atoms with Crippen LogP contribution in [-0.2, 0) is 14.8 Å². The molecule has 0 spiro atoms. The second-order valence-electron chi connectivity index (χ2n) is 6.72. The smallest absolute Gasteiger partial charge is 0.308 e. The summed E-state index contributed by atoms with van der Waals surface area (Å²) in [7, 11) is -3.61. The van der Waals surface area contributed by atoms with Crippen LogP contribution < -0.4 is 4.72 Å². The van der Waals surface area contributed by atoms with Crippen molar-refractivity contribution in [3.05, 3.63) is 29.8 Å². The summed E-state index contributed by atoms with van der Waals surface area (Å²) in [6, 6.07) is 5.44. The summed E-state index contributed by atoms with van der Waals surface area (Å²) in [6.07, 6.45) is 1.19. The van der Waals surface area contributed by atoms with E-state index in [0.717, 1.165) is 0 Å². The van der Waals surface area contributed by atoms with E-state index in [9.17, 15) is 23.1 Å². The van der Waals surface area contributed by atoms with Crippen LogP contribution in [0, 0.1) is 5.92 Å². The fraction of sp³-hybridized carbons (Fsp3) is 0.529. The SMILES string of the molecule is CC(C)NS(=O)(=O)c1ccc(C(=O)N2CC(C(=O)O)CCC2C)cc1. The number of benzene rings is 1. The van der Waals surface area contributed by atoms with Crippen molar-refractivity contribution in [3.63, 3.8) is 0 Å². The number of nitrogens with zero attached hydrogens (tertiary/aromatic N) is 1. The standard InChI is InChI=1S/C17H24N2O5S/c1-11(2)18-25(23,24)15-8-6-13(7-9-15)16(20)19-10-14(17(21)22)5-4-12(19)3/h6-9,11-12,14,18H,4-5,10H2,1-3H3,(H,21,22). The van der Waals surface area contributed by atoms with Gasteiger partial charge in [0.2, 0.25) is 10.0 Å². The third kappa shape index (κ3) is 4.58. The number of hydrogen-bond donors (Lipinski definition) is 2. The number of piperidine rings is 1. The highest BCUT2D eigenvalue weighted by molar-refractivity contribution is 7.89. The molecule has 0 aromatic heterocycles. The van der Waals surface area contributed by atoms with Crippen LogP contribution in [0.4, 0.5) is 0 Å². The van der Waals surface area contributed by atoms with Crippen molar-refractivity contribution in [3.8, 4) is 0 Å². The molecule has 2 N–H and O–H groups in total. The first-order chi connectivity index (χ1) is 11.6. The molecule has 1 aliphatic rings. The van der Waals surface area contributed by atoms with Gasteiger partial charge in [0.05, 0.1) is 10.8 Å². The summed E-state index contributed by atoms with van der Waals surface area (Å²) in [5, 5.41) is 9.18. The number of carbonyl (C=O) groups excluding carboxylic acids is 1. The highest BCUT2D eigenvalue weighted by Crippen LogP contribution is 2.24. The summed E-state index contributed by atoms with van der Waals surface area (Å²) in [5.74, 6) is -1.74. The van der Waals surface area contributed by atoms with Crippen molar-refractivity contribution in [2.75, 3.05) is 6.54 Å². The summed E-state index contributed by atoms with van der Waals surface area (Å²) < 4.78 is 26.7. The molecule has 1 fully saturated rings. The Hall–Kier alpha value is -1.93. The van der Waals surface area contributed by atoms with E-state index in [1.807, 2.05) is 6.92 Å². The summed E-state index contributed by atoms with van der Waals surface area (Å²) in [4.78, 5) is 25.5. The van der Waals surface area contributed by atoms with E-state index in [2.05, 4.69) is 4.72 Å². The van der Waals surface area contributed by atoms with Gasteiger partial charge in [0.1, 0.15) is 0 Å². The highest BCUT2D eigenvalue weighted by atomic mass is 32.2. The predicted octanol–water partition coefficient (Wildman–Crippen LogP) is 1.70. The Kier molecular flexibility index (Phi) is 5.84. The molecule has 25 heavy (non-hydrogen) atoms. The lowest BCUT2D eigenvalue weighted by molar-refractivity contribution is -0.143. The Morgan fingerprint density at radius 2 is 1.80 bits per heavy atom. The van der Waals surface area contributed by atoms with E-state index in [-0.39, 0.29) is 29.4 Å². The van der Waals surface area contributed by atoms with Gasteiger partial charge in [0, 0.05) is 24.2 Å². The van der Waals surface area contributed by atoms with Gasteiger partial charge in [-0.25, -0.2) is 13.1 Å². The zero-order chi connectivity index (χ0) is 18.8. The van der Waals surface area contributed by atoms with Crippen LogP contribution in [0.25, 0.3) is 0 Å². The second kappa shape index (κ2) is 7.53. The van der Waals surface area contributed by atoms with E-state index < -0.39 is 21.9 Å². The number of rotatable bonds is 5. The monoisotopic (exact) mass is 368 g/mol. The van der Waals surface area contributed by atoms with Crippen LogP contribution in [0.3, 0.4) is 0 Å². The van der Waals surface area contributed by atoms with Crippen LogP contribution in [0.2, 0.25) is 0 Å². The van der Waals surface area contributed by atoms with Gasteiger partial charge >= 0.3 is 5.97 Å². The molecule has 0 radical (unpaired) electrons. The molecule has 1 aromatic rings. The molecule has 1 saturated heterocycles. The molecule has 8 heteroatoms. The molecule has 1 aromatic carbocycles. The second-order valence-corrected chi connectivity index (χ2v) is 8.43. The number of carboxylic acid groups (broad SMARTS) is 1. The fourth-order valence-corrected chi connectivity index (χ4v) is 4.16. The average molecular weight is 368 g/mol. The molecular weight excluding hydrogens is 344 g/mol. The minimum Gasteiger partial charge on any atom is -0.481 e. The zero-order valence-electron chi connectivity index (χ0n) is 14.6. The zero-order valence-corrected chi connectivity index (χ0v) is 15.4. The fourth-order valence-electron chi connectivity index (χ4n) is 2.91. The number of hydrogen-bond acceptors (Lipinski definition) is 4. The first-order valence-electron chi connectivity index (χ1n) is 8.28. The van der Waals surface area contributed by atoms with E-state index in [4.69, 9.17) is 0 Å². The Bertz CT molecular complexity index is 743. The Labute approximate surface area is 148 Å². The normalized spacial score (nSPS) is 21.4. The van der Waals surface area contributed by atoms with Crippen molar-refractivity contribution in [1.82, 2.24) is 9.62 Å². The van der Waals surface area contributed by atoms with Gasteiger partial charge in [-0.2, -0.15) is 0 Å². The number of sulfonamides is 1. The van der Waals surface area contributed by atoms with Gasteiger partial charge in [-0.3, -0.25) is 9.59 Å². The average Bonchev–Trinajstić information content (AvgIpc) is 2.53. The van der Waals surface area contributed by atoms with Crippen molar-refractivity contribution in [2.45, 2.75) is 50.6 Å². The lowest BCUT2D eigenvalue weighted by Crippen LogP contribution is -2.47. The van der Waals surface area contributed by atoms with Crippen LogP contribution in [-0.4, -0.2) is 48.9 Å². The number of likely N-dealkylation sites (tertiary alicyclic amines) is 1. The van der Waals surface area contributed by atoms with Gasteiger partial charge < -0.3 is 10.0 Å². The molecule has 7 nitrogen and oxygen atoms in total. The van der Waals surface area contributed by atoms with Crippen molar-refractivity contribution < 1.29 is 23.1 Å². The molecule has 1 amide bonds. The lowest BCUT2D eigenvalue weighted by Gasteiger charge is -2.36. The van der Waals surface area contributed by atoms with Crippen molar-refractivity contribution in [2.24, 2.45) is 5.92 Å². The van der Waals surface area contributed by atoms with Crippen LogP contribution >= 0.6 is 0 Å². The number of carbonyl (C=O) groups is 2. The molecule has 2 rings (SSSR count). The first kappa shape index (κ1) is 19.4. The Balaban J connectivity index is 2.18. The minimum absolute atomic E-state index is 0.0471. The van der Waals surface area contributed by atoms with Gasteiger partial charge in [-0.15, -0.1) is 0 Å². The summed E-state index contributed by atoms with van der Waals surface area (Å²) >= 11 is 0. The Morgan fingerprint density at radius 3 is 2.32 bits per heavy atom. The largest absolute Gasteiger partial charge is 0.481 e. The van der Waals surface area contributed by atoms with Crippen molar-refractivity contribution in [1.29, 1.82) is 0 Å². The molecule has 0 saturated carbocycles. The minimum atomic E-state index is -3.61. The van der Waals surface area contributed by atoms with E-state index >= 15 is 0 Å². The van der Waals surface area contributed by atoms with E-state index in [1.54, 1.807) is 18.7 Å². The maximum atomic E-state index is 12.7. The molecule has 0 aliphatic carbocycles. The van der Waals surface area contributed by atoms with E-state index in [0.29, 0.717) is 18.4 Å². The number of aliphatic carboxylic acids is 1. The van der Waals surface area contributed by atoms with E-state index in [1.165, 1.54) is 24.3 Å². The maximum absolute atomic E-state index is 12.7. The molecule has 2 unspecified atom stereocenters. The molecule has 0 bridgehead atoms. The summed E-state index contributed by atoms with van der Waals surface area (Å²) in [5.41, 5.74) is 0.349. The summed E-state index contributed by atoms with van der Waals surface area (Å²) in [6.45, 7) is 5.52. The molecule has 1 heterocycles. The van der Waals surface area contributed by atoms with Crippen molar-refractivity contribution >= 4 is 21.9 Å². The number of carboxylic acids is 1. The molecular formula is C17H24N2O5S. The molecule has 2 atom stereocenters. The van der Waals surface area contributed by atoms with Gasteiger partial charge in [0.25, 0.3) is 5.91 Å². The van der Waals surface area contributed by atoms with Crippen LogP contribution in [0.5, 0.6) is 0 Å². The third-order valence-corrected chi connectivity index (χ3v) is 5.97.